The predicted molar refractivity (Wildman–Crippen MR) is 155 cm³/mol. The molecule has 218 valence electrons. The molecule has 2 aliphatic heterocycles. The second kappa shape index (κ2) is 11.1. The smallest absolute Gasteiger partial charge is 0.370 e. The average Bonchev–Trinajstić information content (AvgIpc) is 3.77. The molecule has 3 fully saturated rings. The molecule has 2 aromatic carbocycles. The molecule has 1 saturated carbocycles. The van der Waals surface area contributed by atoms with Crippen molar-refractivity contribution in [3.05, 3.63) is 83.0 Å². The Hall–Kier alpha value is -3.90. The summed E-state index contributed by atoms with van der Waals surface area (Å²) >= 11 is 0. The van der Waals surface area contributed by atoms with E-state index in [0.29, 0.717) is 37.5 Å². The van der Waals surface area contributed by atoms with Crippen LogP contribution in [0.5, 0.6) is 0 Å². The third-order valence-corrected chi connectivity index (χ3v) is 9.13. The third-order valence-electron chi connectivity index (χ3n) is 9.13. The fourth-order valence-corrected chi connectivity index (χ4v) is 6.55. The maximum atomic E-state index is 14.1. The summed E-state index contributed by atoms with van der Waals surface area (Å²) in [7, 11) is 2.04. The van der Waals surface area contributed by atoms with E-state index in [1.54, 1.807) is 0 Å². The van der Waals surface area contributed by atoms with Crippen LogP contribution < -0.4 is 10.2 Å². The largest absolute Gasteiger partial charge is 0.416 e. The van der Waals surface area contributed by atoms with Crippen molar-refractivity contribution in [1.29, 1.82) is 5.26 Å². The number of pyridine rings is 1. The van der Waals surface area contributed by atoms with Crippen LogP contribution >= 0.6 is 0 Å². The van der Waals surface area contributed by atoms with Crippen LogP contribution in [-0.2, 0) is 16.4 Å². The van der Waals surface area contributed by atoms with E-state index in [2.05, 4.69) is 28.4 Å². The minimum Gasteiger partial charge on any atom is -0.370 e. The van der Waals surface area contributed by atoms with Gasteiger partial charge in [-0.25, -0.2) is 0 Å². The first-order valence-corrected chi connectivity index (χ1v) is 14.6. The van der Waals surface area contributed by atoms with Gasteiger partial charge in [0.25, 0.3) is 0 Å². The van der Waals surface area contributed by atoms with Gasteiger partial charge in [-0.2, -0.15) is 18.4 Å². The number of halogens is 3. The number of amides is 1. The highest BCUT2D eigenvalue weighted by Gasteiger charge is 2.45. The molecule has 6 nitrogen and oxygen atoms in total. The van der Waals surface area contributed by atoms with E-state index in [9.17, 15) is 23.2 Å². The van der Waals surface area contributed by atoms with Gasteiger partial charge in [-0.15, -0.1) is 0 Å². The normalized spacial score (nSPS) is 20.7. The van der Waals surface area contributed by atoms with Crippen LogP contribution in [0.1, 0.15) is 60.3 Å². The van der Waals surface area contributed by atoms with Gasteiger partial charge in [-0.3, -0.25) is 9.78 Å². The van der Waals surface area contributed by atoms with Crippen molar-refractivity contribution in [3.63, 3.8) is 0 Å². The maximum absolute atomic E-state index is 14.1. The summed E-state index contributed by atoms with van der Waals surface area (Å²) in [6.45, 7) is 2.56. The molecule has 1 aliphatic carbocycles. The lowest BCUT2D eigenvalue weighted by atomic mass is 9.72. The lowest BCUT2D eigenvalue weighted by molar-refractivity contribution is -0.137. The van der Waals surface area contributed by atoms with Gasteiger partial charge in [-0.05, 0) is 87.0 Å². The van der Waals surface area contributed by atoms with Gasteiger partial charge in [0.15, 0.2) is 0 Å². The number of likely N-dealkylation sites (tertiary alicyclic amines) is 1. The zero-order valence-corrected chi connectivity index (χ0v) is 23.6. The number of carbonyl (C=O) groups is 1. The highest BCUT2D eigenvalue weighted by atomic mass is 19.4. The Bertz CT molecular complexity index is 1500. The molecule has 3 heterocycles. The van der Waals surface area contributed by atoms with Gasteiger partial charge in [0.2, 0.25) is 5.91 Å². The summed E-state index contributed by atoms with van der Waals surface area (Å²) in [4.78, 5) is 23.0. The molecule has 0 radical (unpaired) electrons. The number of hydrogen-bond acceptors (Lipinski definition) is 5. The summed E-state index contributed by atoms with van der Waals surface area (Å²) in [5, 5.41) is 12.9. The second-order valence-corrected chi connectivity index (χ2v) is 11.9. The highest BCUT2D eigenvalue weighted by molar-refractivity contribution is 5.89. The van der Waals surface area contributed by atoms with Crippen molar-refractivity contribution in [1.82, 2.24) is 15.2 Å². The predicted octanol–water partition coefficient (Wildman–Crippen LogP) is 5.87. The van der Waals surface area contributed by atoms with E-state index < -0.39 is 17.2 Å². The molecule has 1 N–H and O–H groups in total. The average molecular weight is 574 g/mol. The molecule has 2 saturated heterocycles. The number of likely N-dealkylation sites (N-methyl/N-ethyl adjacent to an activating group) is 1. The number of nitrogens with one attached hydrogen (secondary N) is 1. The van der Waals surface area contributed by atoms with E-state index in [-0.39, 0.29) is 17.5 Å². The molecule has 42 heavy (non-hydrogen) atoms. The molecule has 0 unspecified atom stereocenters. The number of anilines is 1. The minimum absolute atomic E-state index is 0.0175. The molecule has 0 bridgehead atoms. The number of benzene rings is 2. The summed E-state index contributed by atoms with van der Waals surface area (Å²) in [6.07, 6.45) is 1.48. The SMILES string of the molecule is CN1CC[C@@H](NC(=O)C2(c3ccc(-c4ccccc4C4CC4)nc3)CCN(c3ccc(C(F)(F)F)cc3C#N)CC2)C1. The Kier molecular flexibility index (Phi) is 7.44. The number of nitriles is 1. The Labute approximate surface area is 244 Å². The third kappa shape index (κ3) is 5.48. The lowest BCUT2D eigenvalue weighted by Gasteiger charge is -2.42. The maximum Gasteiger partial charge on any atom is 0.416 e. The number of hydrogen-bond donors (Lipinski definition) is 1. The Morgan fingerprint density at radius 2 is 1.81 bits per heavy atom. The molecular formula is C33H34F3N5O. The molecule has 6 rings (SSSR count). The van der Waals surface area contributed by atoms with E-state index in [1.165, 1.54) is 24.5 Å². The summed E-state index contributed by atoms with van der Waals surface area (Å²) in [5.74, 6) is 0.542. The zero-order chi connectivity index (χ0) is 29.5. The van der Waals surface area contributed by atoms with Crippen LogP contribution in [0.4, 0.5) is 18.9 Å². The standard InChI is InChI=1S/C33H34F3N5O/c1-40-15-12-26(21-40)39-31(42)32(25-8-10-29(38-20-25)28-5-3-2-4-27(28)22-6-7-22)13-16-41(17-14-32)30-11-9-24(33(34,35)36)18-23(30)19-37/h2-5,8-11,18,20,22,26H,6-7,12-17,21H2,1H3,(H,39,42)/t26-/m1/s1. The van der Waals surface area contributed by atoms with Gasteiger partial charge >= 0.3 is 6.18 Å². The molecule has 9 heteroatoms. The highest BCUT2D eigenvalue weighted by Crippen LogP contribution is 2.45. The first-order valence-electron chi connectivity index (χ1n) is 14.6. The van der Waals surface area contributed by atoms with Crippen LogP contribution in [-0.4, -0.2) is 55.1 Å². The first-order chi connectivity index (χ1) is 20.2. The molecular weight excluding hydrogens is 539 g/mol. The number of alkyl halides is 3. The number of piperidine rings is 1. The summed E-state index contributed by atoms with van der Waals surface area (Å²) < 4.78 is 39.8. The minimum atomic E-state index is -4.52. The van der Waals surface area contributed by atoms with Crippen molar-refractivity contribution in [2.45, 2.75) is 55.7 Å². The molecule has 3 aliphatic rings. The van der Waals surface area contributed by atoms with Gasteiger partial charge in [-0.1, -0.05) is 30.3 Å². The van der Waals surface area contributed by atoms with Crippen LogP contribution in [0, 0.1) is 11.3 Å². The van der Waals surface area contributed by atoms with E-state index in [1.807, 2.05) is 42.4 Å². The summed E-state index contributed by atoms with van der Waals surface area (Å²) in [5.41, 5.74) is 2.93. The Morgan fingerprint density at radius 3 is 2.43 bits per heavy atom. The molecule has 1 aromatic heterocycles. The summed E-state index contributed by atoms with van der Waals surface area (Å²) in [6, 6.07) is 17.7. The van der Waals surface area contributed by atoms with E-state index in [0.717, 1.165) is 48.5 Å². The van der Waals surface area contributed by atoms with Crippen molar-refractivity contribution < 1.29 is 18.0 Å². The monoisotopic (exact) mass is 573 g/mol. The number of nitrogens with zero attached hydrogens (tertiary/aromatic N) is 4. The van der Waals surface area contributed by atoms with Crippen LogP contribution in [0.25, 0.3) is 11.3 Å². The fraction of sp³-hybridized carbons (Fsp3) is 0.424. The number of rotatable bonds is 6. The molecule has 1 atom stereocenters. The topological polar surface area (TPSA) is 72.3 Å². The van der Waals surface area contributed by atoms with Crippen molar-refractivity contribution in [2.75, 3.05) is 38.1 Å². The van der Waals surface area contributed by atoms with E-state index >= 15 is 0 Å². The Balaban J connectivity index is 1.29. The van der Waals surface area contributed by atoms with Crippen LogP contribution in [0.2, 0.25) is 0 Å². The van der Waals surface area contributed by atoms with Crippen molar-refractivity contribution in [2.24, 2.45) is 0 Å². The Morgan fingerprint density at radius 1 is 1.05 bits per heavy atom. The van der Waals surface area contributed by atoms with E-state index in [4.69, 9.17) is 4.98 Å². The molecule has 3 aromatic rings. The van der Waals surface area contributed by atoms with Crippen LogP contribution in [0.15, 0.2) is 60.8 Å². The quantitative estimate of drug-likeness (QED) is 0.399. The zero-order valence-electron chi connectivity index (χ0n) is 23.6. The first kappa shape index (κ1) is 28.2. The fourth-order valence-electron chi connectivity index (χ4n) is 6.55. The second-order valence-electron chi connectivity index (χ2n) is 11.9. The number of carbonyl (C=O) groups excluding carboxylic acids is 1. The molecule has 1 amide bonds. The van der Waals surface area contributed by atoms with Crippen LogP contribution in [0.3, 0.4) is 0 Å². The number of aromatic nitrogens is 1. The molecule has 0 spiro atoms. The van der Waals surface area contributed by atoms with Gasteiger partial charge < -0.3 is 15.1 Å². The van der Waals surface area contributed by atoms with Crippen molar-refractivity contribution in [3.8, 4) is 17.3 Å². The van der Waals surface area contributed by atoms with Gasteiger partial charge in [0.05, 0.1) is 27.9 Å². The van der Waals surface area contributed by atoms with Gasteiger partial charge in [0.1, 0.15) is 6.07 Å². The van der Waals surface area contributed by atoms with Crippen molar-refractivity contribution >= 4 is 11.6 Å². The lowest BCUT2D eigenvalue weighted by Crippen LogP contribution is -2.54. The van der Waals surface area contributed by atoms with Gasteiger partial charge in [0, 0.05) is 37.4 Å².